The molecule has 134 valence electrons. The number of hydrogen-bond donors (Lipinski definition) is 1. The lowest BCUT2D eigenvalue weighted by Gasteiger charge is -2.07. The minimum absolute atomic E-state index is 0.112. The van der Waals surface area contributed by atoms with Gasteiger partial charge in [0.15, 0.2) is 5.82 Å². The second-order valence-electron chi connectivity index (χ2n) is 6.47. The number of nitrogens with one attached hydrogen (secondary N) is 1. The highest BCUT2D eigenvalue weighted by Gasteiger charge is 2.08. The first kappa shape index (κ1) is 17.7. The predicted molar refractivity (Wildman–Crippen MR) is 103 cm³/mol. The number of amides is 1. The van der Waals surface area contributed by atoms with E-state index < -0.39 is 0 Å². The van der Waals surface area contributed by atoms with Crippen LogP contribution in [0, 0.1) is 0 Å². The molecule has 2 aromatic carbocycles. The summed E-state index contributed by atoms with van der Waals surface area (Å²) in [6.07, 6.45) is 2.11. The summed E-state index contributed by atoms with van der Waals surface area (Å²) in [5, 5.41) is 7.27. The molecule has 1 amide bonds. The van der Waals surface area contributed by atoms with Crippen LogP contribution in [0.25, 0.3) is 5.69 Å². The molecule has 0 aliphatic rings. The van der Waals surface area contributed by atoms with Crippen molar-refractivity contribution in [3.8, 4) is 11.4 Å². The molecular weight excluding hydrogens is 326 g/mol. The van der Waals surface area contributed by atoms with Gasteiger partial charge >= 0.3 is 0 Å². The van der Waals surface area contributed by atoms with E-state index in [-0.39, 0.29) is 12.3 Å². The number of aromatic nitrogens is 2. The molecule has 0 spiro atoms. The molecule has 0 atom stereocenters. The highest BCUT2D eigenvalue weighted by atomic mass is 16.5. The van der Waals surface area contributed by atoms with Gasteiger partial charge in [-0.3, -0.25) is 4.79 Å². The van der Waals surface area contributed by atoms with Crippen molar-refractivity contribution in [2.24, 2.45) is 0 Å². The maximum atomic E-state index is 12.2. The summed E-state index contributed by atoms with van der Waals surface area (Å²) in [7, 11) is 1.61. The summed E-state index contributed by atoms with van der Waals surface area (Å²) in [6.45, 7) is 4.33. The van der Waals surface area contributed by atoms with Gasteiger partial charge in [0, 0.05) is 12.3 Å². The van der Waals surface area contributed by atoms with Crippen LogP contribution in [0.2, 0.25) is 0 Å². The van der Waals surface area contributed by atoms with Gasteiger partial charge in [0.25, 0.3) is 0 Å². The van der Waals surface area contributed by atoms with E-state index in [4.69, 9.17) is 4.74 Å². The predicted octanol–water partition coefficient (Wildman–Crippen LogP) is 4.19. The van der Waals surface area contributed by atoms with Gasteiger partial charge in [-0.15, -0.1) is 0 Å². The zero-order valence-electron chi connectivity index (χ0n) is 15.3. The second kappa shape index (κ2) is 7.87. The van der Waals surface area contributed by atoms with Gasteiger partial charge in [0.05, 0.1) is 19.2 Å². The Labute approximate surface area is 153 Å². The van der Waals surface area contributed by atoms with Crippen LogP contribution in [-0.4, -0.2) is 22.8 Å². The van der Waals surface area contributed by atoms with Crippen molar-refractivity contribution in [2.75, 3.05) is 12.4 Å². The van der Waals surface area contributed by atoms with E-state index in [1.807, 2.05) is 42.6 Å². The quantitative estimate of drug-likeness (QED) is 0.726. The number of benzene rings is 2. The van der Waals surface area contributed by atoms with Crippen molar-refractivity contribution < 1.29 is 9.53 Å². The topological polar surface area (TPSA) is 56.1 Å². The molecule has 0 aliphatic heterocycles. The minimum Gasteiger partial charge on any atom is -0.497 e. The fourth-order valence-electron chi connectivity index (χ4n) is 2.70. The number of hydrogen-bond acceptors (Lipinski definition) is 3. The van der Waals surface area contributed by atoms with E-state index in [1.54, 1.807) is 17.9 Å². The van der Waals surface area contributed by atoms with Crippen LogP contribution in [0.4, 0.5) is 5.82 Å². The number of ether oxygens (including phenoxy) is 1. The summed E-state index contributed by atoms with van der Waals surface area (Å²) in [6, 6.07) is 17.5. The first-order chi connectivity index (χ1) is 12.5. The molecule has 1 heterocycles. The Morgan fingerprint density at radius 2 is 1.92 bits per heavy atom. The van der Waals surface area contributed by atoms with Gasteiger partial charge in [-0.1, -0.05) is 38.1 Å². The highest BCUT2D eigenvalue weighted by Crippen LogP contribution is 2.18. The van der Waals surface area contributed by atoms with Crippen molar-refractivity contribution in [1.82, 2.24) is 9.78 Å². The molecule has 1 aromatic heterocycles. The van der Waals surface area contributed by atoms with E-state index in [1.165, 1.54) is 5.56 Å². The number of carbonyl (C=O) groups excluding carboxylic acids is 1. The summed E-state index contributed by atoms with van der Waals surface area (Å²) < 4.78 is 6.94. The van der Waals surface area contributed by atoms with Gasteiger partial charge in [0.2, 0.25) is 5.91 Å². The first-order valence-corrected chi connectivity index (χ1v) is 8.64. The Balaban J connectivity index is 1.65. The molecular formula is C21H23N3O2. The summed E-state index contributed by atoms with van der Waals surface area (Å²) in [4.78, 5) is 12.2. The molecule has 3 rings (SSSR count). The Morgan fingerprint density at radius 3 is 2.62 bits per heavy atom. The van der Waals surface area contributed by atoms with Crippen molar-refractivity contribution in [2.45, 2.75) is 26.2 Å². The van der Waals surface area contributed by atoms with Crippen LogP contribution in [-0.2, 0) is 11.2 Å². The molecule has 0 aliphatic carbocycles. The molecule has 3 aromatic rings. The fourth-order valence-corrected chi connectivity index (χ4v) is 2.70. The van der Waals surface area contributed by atoms with E-state index in [2.05, 4.69) is 36.4 Å². The largest absolute Gasteiger partial charge is 0.497 e. The Kier molecular flexibility index (Phi) is 5.37. The van der Waals surface area contributed by atoms with E-state index in [0.29, 0.717) is 11.7 Å². The zero-order valence-corrected chi connectivity index (χ0v) is 15.3. The van der Waals surface area contributed by atoms with Crippen LogP contribution in [0.3, 0.4) is 0 Å². The minimum atomic E-state index is -0.112. The molecule has 0 fully saturated rings. The molecule has 5 heteroatoms. The number of rotatable bonds is 6. The third-order valence-electron chi connectivity index (χ3n) is 4.18. The number of nitrogens with zero attached hydrogens (tertiary/aromatic N) is 2. The monoisotopic (exact) mass is 349 g/mol. The van der Waals surface area contributed by atoms with Crippen molar-refractivity contribution >= 4 is 11.7 Å². The van der Waals surface area contributed by atoms with Gasteiger partial charge in [0.1, 0.15) is 5.75 Å². The van der Waals surface area contributed by atoms with Crippen LogP contribution < -0.4 is 10.1 Å². The summed E-state index contributed by atoms with van der Waals surface area (Å²) >= 11 is 0. The van der Waals surface area contributed by atoms with Gasteiger partial charge in [-0.25, -0.2) is 4.68 Å². The van der Waals surface area contributed by atoms with Crippen LogP contribution in [0.15, 0.2) is 60.8 Å². The number of carbonyl (C=O) groups is 1. The summed E-state index contributed by atoms with van der Waals surface area (Å²) in [5.74, 6) is 1.65. The van der Waals surface area contributed by atoms with E-state index in [0.717, 1.165) is 17.0 Å². The van der Waals surface area contributed by atoms with Crippen molar-refractivity contribution in [3.05, 3.63) is 71.9 Å². The van der Waals surface area contributed by atoms with Crippen LogP contribution >= 0.6 is 0 Å². The molecule has 0 saturated heterocycles. The number of anilines is 1. The van der Waals surface area contributed by atoms with E-state index in [9.17, 15) is 4.79 Å². The second-order valence-corrected chi connectivity index (χ2v) is 6.47. The van der Waals surface area contributed by atoms with Gasteiger partial charge in [-0.2, -0.15) is 5.10 Å². The van der Waals surface area contributed by atoms with Crippen molar-refractivity contribution in [3.63, 3.8) is 0 Å². The van der Waals surface area contributed by atoms with Gasteiger partial charge in [-0.05, 0) is 41.3 Å². The molecule has 26 heavy (non-hydrogen) atoms. The third kappa shape index (κ3) is 4.30. The van der Waals surface area contributed by atoms with E-state index >= 15 is 0 Å². The average molecular weight is 349 g/mol. The fraction of sp³-hybridized carbons (Fsp3) is 0.238. The zero-order chi connectivity index (χ0) is 18.5. The smallest absolute Gasteiger partial charge is 0.229 e. The normalized spacial score (nSPS) is 10.8. The van der Waals surface area contributed by atoms with Crippen LogP contribution in [0.1, 0.15) is 30.9 Å². The average Bonchev–Trinajstić information content (AvgIpc) is 3.10. The lowest BCUT2D eigenvalue weighted by molar-refractivity contribution is -0.115. The lowest BCUT2D eigenvalue weighted by atomic mass is 10.0. The molecule has 1 N–H and O–H groups in total. The molecule has 0 unspecified atom stereocenters. The highest BCUT2D eigenvalue weighted by molar-refractivity contribution is 5.91. The maximum absolute atomic E-state index is 12.2. The lowest BCUT2D eigenvalue weighted by Crippen LogP contribution is -2.15. The van der Waals surface area contributed by atoms with Gasteiger partial charge < -0.3 is 10.1 Å². The SMILES string of the molecule is COc1cccc(CC(=O)Nc2ccn(-c3ccc(C(C)C)cc3)n2)c1. The molecule has 0 radical (unpaired) electrons. The Morgan fingerprint density at radius 1 is 1.15 bits per heavy atom. The Bertz CT molecular complexity index is 882. The standard InChI is InChI=1S/C21H23N3O2/c1-15(2)17-7-9-18(10-8-17)24-12-11-20(23-24)22-21(25)14-16-5-4-6-19(13-16)26-3/h4-13,15H,14H2,1-3H3,(H,22,23,25). The summed E-state index contributed by atoms with van der Waals surface area (Å²) in [5.41, 5.74) is 3.14. The third-order valence-corrected chi connectivity index (χ3v) is 4.18. The molecule has 0 saturated carbocycles. The maximum Gasteiger partial charge on any atom is 0.229 e. The van der Waals surface area contributed by atoms with Crippen molar-refractivity contribution in [1.29, 1.82) is 0 Å². The first-order valence-electron chi connectivity index (χ1n) is 8.64. The molecule has 0 bridgehead atoms. The molecule has 5 nitrogen and oxygen atoms in total. The number of methoxy groups -OCH3 is 1. The Hall–Kier alpha value is -3.08. The van der Waals surface area contributed by atoms with Crippen LogP contribution in [0.5, 0.6) is 5.75 Å².